The van der Waals surface area contributed by atoms with Gasteiger partial charge < -0.3 is 4.90 Å². The molecule has 0 spiro atoms. The number of hydrogen-bond donors (Lipinski definition) is 0. The van der Waals surface area contributed by atoms with Crippen LogP contribution < -0.4 is 0 Å². The summed E-state index contributed by atoms with van der Waals surface area (Å²) in [6, 6.07) is 14.0. The van der Waals surface area contributed by atoms with Gasteiger partial charge in [-0.05, 0) is 29.2 Å². The minimum absolute atomic E-state index is 0.177. The molecule has 112 valence electrons. The lowest BCUT2D eigenvalue weighted by Gasteiger charge is -2.17. The molecule has 1 unspecified atom stereocenters. The van der Waals surface area contributed by atoms with Gasteiger partial charge in [0.25, 0.3) is 5.91 Å². The molecule has 0 N–H and O–H groups in total. The third kappa shape index (κ3) is 3.63. The molecule has 0 saturated carbocycles. The van der Waals surface area contributed by atoms with Crippen molar-refractivity contribution in [2.24, 2.45) is 5.92 Å². The van der Waals surface area contributed by atoms with Crippen molar-refractivity contribution in [3.05, 3.63) is 48.0 Å². The van der Waals surface area contributed by atoms with Crippen LogP contribution in [0.4, 0.5) is 0 Å². The van der Waals surface area contributed by atoms with Crippen molar-refractivity contribution in [1.29, 1.82) is 0 Å². The fourth-order valence-electron chi connectivity index (χ4n) is 2.70. The summed E-state index contributed by atoms with van der Waals surface area (Å²) in [5.74, 6) is 0.806. The van der Waals surface area contributed by atoms with Crippen LogP contribution in [0.2, 0.25) is 0 Å². The van der Waals surface area contributed by atoms with E-state index in [1.165, 1.54) is 6.42 Å². The van der Waals surface area contributed by atoms with Crippen LogP contribution in [0.5, 0.6) is 0 Å². The minimum Gasteiger partial charge on any atom is -0.338 e. The second kappa shape index (κ2) is 7.26. The predicted molar refractivity (Wildman–Crippen MR) is 89.6 cm³/mol. The molecule has 0 aromatic heterocycles. The zero-order chi connectivity index (χ0) is 15.2. The van der Waals surface area contributed by atoms with Crippen molar-refractivity contribution in [2.45, 2.75) is 33.6 Å². The van der Waals surface area contributed by atoms with E-state index >= 15 is 0 Å². The lowest BCUT2D eigenvalue weighted by molar-refractivity contribution is 0.0790. The van der Waals surface area contributed by atoms with E-state index in [9.17, 15) is 4.79 Å². The highest BCUT2D eigenvalue weighted by atomic mass is 16.2. The molecule has 0 radical (unpaired) electrons. The van der Waals surface area contributed by atoms with Crippen molar-refractivity contribution in [2.75, 3.05) is 13.1 Å². The topological polar surface area (TPSA) is 20.3 Å². The van der Waals surface area contributed by atoms with Crippen LogP contribution >= 0.6 is 0 Å². The van der Waals surface area contributed by atoms with Crippen molar-refractivity contribution < 1.29 is 4.79 Å². The number of rotatable bonds is 1. The number of nitrogens with zero attached hydrogens (tertiary/aromatic N) is 1. The summed E-state index contributed by atoms with van der Waals surface area (Å²) in [6.45, 7) is 8.24. The van der Waals surface area contributed by atoms with E-state index in [-0.39, 0.29) is 5.91 Å². The average molecular weight is 283 g/mol. The van der Waals surface area contributed by atoms with Crippen LogP contribution in [0.3, 0.4) is 0 Å². The third-order valence-electron chi connectivity index (χ3n) is 3.73. The van der Waals surface area contributed by atoms with Crippen molar-refractivity contribution in [1.82, 2.24) is 4.90 Å². The SMILES string of the molecule is CC1CCN(C(=O)c2cccc3ccccc23)C1.CCC. The van der Waals surface area contributed by atoms with Gasteiger partial charge in [-0.15, -0.1) is 0 Å². The quantitative estimate of drug-likeness (QED) is 0.740. The fourth-order valence-corrected chi connectivity index (χ4v) is 2.70. The van der Waals surface area contributed by atoms with Crippen LogP contribution in [0.1, 0.15) is 44.0 Å². The maximum Gasteiger partial charge on any atom is 0.254 e. The number of hydrogen-bond acceptors (Lipinski definition) is 1. The first kappa shape index (κ1) is 15.6. The molecule has 21 heavy (non-hydrogen) atoms. The lowest BCUT2D eigenvalue weighted by atomic mass is 10.0. The van der Waals surface area contributed by atoms with Gasteiger partial charge in [0, 0.05) is 18.7 Å². The van der Waals surface area contributed by atoms with Gasteiger partial charge in [-0.1, -0.05) is 63.6 Å². The molecule has 2 aromatic carbocycles. The summed E-state index contributed by atoms with van der Waals surface area (Å²) in [5, 5.41) is 2.19. The zero-order valence-electron chi connectivity index (χ0n) is 13.3. The van der Waals surface area contributed by atoms with Crippen molar-refractivity contribution in [3.8, 4) is 0 Å². The average Bonchev–Trinajstić information content (AvgIpc) is 2.93. The molecule has 1 aliphatic heterocycles. The summed E-state index contributed by atoms with van der Waals surface area (Å²) >= 11 is 0. The molecule has 1 heterocycles. The fraction of sp³-hybridized carbons (Fsp3) is 0.421. The van der Waals surface area contributed by atoms with E-state index in [4.69, 9.17) is 0 Å². The van der Waals surface area contributed by atoms with Crippen LogP contribution in [0, 0.1) is 5.92 Å². The summed E-state index contributed by atoms with van der Waals surface area (Å²) < 4.78 is 0. The number of carbonyl (C=O) groups excluding carboxylic acids is 1. The Kier molecular flexibility index (Phi) is 5.38. The molecule has 0 aliphatic carbocycles. The van der Waals surface area contributed by atoms with Crippen molar-refractivity contribution in [3.63, 3.8) is 0 Å². The molecule has 2 heteroatoms. The Morgan fingerprint density at radius 3 is 2.48 bits per heavy atom. The number of likely N-dealkylation sites (tertiary alicyclic amines) is 1. The Morgan fingerprint density at radius 2 is 1.81 bits per heavy atom. The van der Waals surface area contributed by atoms with Gasteiger partial charge in [0.05, 0.1) is 0 Å². The molecule has 2 nitrogen and oxygen atoms in total. The minimum atomic E-state index is 0.177. The monoisotopic (exact) mass is 283 g/mol. The molecule has 1 fully saturated rings. The van der Waals surface area contributed by atoms with Crippen molar-refractivity contribution >= 4 is 16.7 Å². The number of benzene rings is 2. The molecule has 1 atom stereocenters. The van der Waals surface area contributed by atoms with Gasteiger partial charge in [-0.25, -0.2) is 0 Å². The summed E-state index contributed by atoms with van der Waals surface area (Å²) in [7, 11) is 0. The largest absolute Gasteiger partial charge is 0.338 e. The molecule has 1 aliphatic rings. The Labute approximate surface area is 127 Å². The molecule has 2 aromatic rings. The normalized spacial score (nSPS) is 17.5. The lowest BCUT2D eigenvalue weighted by Crippen LogP contribution is -2.28. The molecular formula is C19H25NO. The van der Waals surface area contributed by atoms with E-state index < -0.39 is 0 Å². The predicted octanol–water partition coefficient (Wildman–Crippen LogP) is 4.74. The second-order valence-electron chi connectivity index (χ2n) is 5.88. The maximum absolute atomic E-state index is 12.5. The van der Waals surface area contributed by atoms with Gasteiger partial charge in [-0.2, -0.15) is 0 Å². The second-order valence-corrected chi connectivity index (χ2v) is 5.88. The van der Waals surface area contributed by atoms with E-state index in [1.807, 2.05) is 35.2 Å². The maximum atomic E-state index is 12.5. The summed E-state index contributed by atoms with van der Waals surface area (Å²) in [6.07, 6.45) is 2.37. The van der Waals surface area contributed by atoms with E-state index in [0.717, 1.165) is 35.8 Å². The van der Waals surface area contributed by atoms with Gasteiger partial charge >= 0.3 is 0 Å². The third-order valence-corrected chi connectivity index (χ3v) is 3.73. The number of carbonyl (C=O) groups is 1. The van der Waals surface area contributed by atoms with E-state index in [0.29, 0.717) is 5.92 Å². The van der Waals surface area contributed by atoms with Crippen LogP contribution in [-0.2, 0) is 0 Å². The van der Waals surface area contributed by atoms with Gasteiger partial charge in [0.2, 0.25) is 0 Å². The smallest absolute Gasteiger partial charge is 0.254 e. The number of amides is 1. The van der Waals surface area contributed by atoms with Crippen LogP contribution in [0.15, 0.2) is 42.5 Å². The molecular weight excluding hydrogens is 258 g/mol. The molecule has 0 bridgehead atoms. The van der Waals surface area contributed by atoms with Crippen LogP contribution in [-0.4, -0.2) is 23.9 Å². The Bertz CT molecular complexity index is 600. The van der Waals surface area contributed by atoms with Gasteiger partial charge in [0.1, 0.15) is 0 Å². The van der Waals surface area contributed by atoms with E-state index in [1.54, 1.807) is 0 Å². The Balaban J connectivity index is 0.000000497. The molecule has 3 rings (SSSR count). The Morgan fingerprint density at radius 1 is 1.14 bits per heavy atom. The Hall–Kier alpha value is -1.83. The first-order chi connectivity index (χ1) is 10.2. The highest BCUT2D eigenvalue weighted by Gasteiger charge is 2.24. The molecule has 1 amide bonds. The summed E-state index contributed by atoms with van der Waals surface area (Å²) in [4.78, 5) is 14.5. The standard InChI is InChI=1S/C16H17NO.C3H8/c1-12-9-10-17(11-12)16(18)15-8-4-6-13-5-2-3-7-14(13)15;1-3-2/h2-8,12H,9-11H2,1H3;3H2,1-2H3. The highest BCUT2D eigenvalue weighted by molar-refractivity contribution is 6.07. The first-order valence-electron chi connectivity index (χ1n) is 7.94. The van der Waals surface area contributed by atoms with Gasteiger partial charge in [0.15, 0.2) is 0 Å². The van der Waals surface area contributed by atoms with Crippen LogP contribution in [0.25, 0.3) is 10.8 Å². The van der Waals surface area contributed by atoms with E-state index in [2.05, 4.69) is 32.9 Å². The number of fused-ring (bicyclic) bond motifs is 1. The first-order valence-corrected chi connectivity index (χ1v) is 7.94. The molecule has 1 saturated heterocycles. The van der Waals surface area contributed by atoms with Gasteiger partial charge in [-0.3, -0.25) is 4.79 Å². The summed E-state index contributed by atoms with van der Waals surface area (Å²) in [5.41, 5.74) is 0.835. The zero-order valence-corrected chi connectivity index (χ0v) is 13.3. The highest BCUT2D eigenvalue weighted by Crippen LogP contribution is 2.23.